The van der Waals surface area contributed by atoms with Crippen molar-refractivity contribution >= 4 is 11.8 Å². The standard InChI is InChI=1S/C17H24N6/c1-21(2)16-6-9-19-17(20-16)22(3)15-7-10-23(13-15)12-14-5-4-8-18-11-14/h4-6,8-9,11,15H,7,10,12-13H2,1-3H3. The number of rotatable bonds is 5. The number of hydrogen-bond donors (Lipinski definition) is 0. The highest BCUT2D eigenvalue weighted by Gasteiger charge is 2.27. The molecule has 6 nitrogen and oxygen atoms in total. The summed E-state index contributed by atoms with van der Waals surface area (Å²) in [4.78, 5) is 19.9. The summed E-state index contributed by atoms with van der Waals surface area (Å²) in [6, 6.07) is 6.51. The molecule has 1 atom stereocenters. The highest BCUT2D eigenvalue weighted by atomic mass is 15.3. The summed E-state index contributed by atoms with van der Waals surface area (Å²) in [6.45, 7) is 3.08. The predicted molar refractivity (Wildman–Crippen MR) is 92.7 cm³/mol. The van der Waals surface area contributed by atoms with Crippen molar-refractivity contribution in [3.05, 3.63) is 42.4 Å². The first-order valence-corrected chi connectivity index (χ1v) is 7.98. The van der Waals surface area contributed by atoms with Gasteiger partial charge in [-0.15, -0.1) is 0 Å². The van der Waals surface area contributed by atoms with Gasteiger partial charge in [-0.2, -0.15) is 4.98 Å². The van der Waals surface area contributed by atoms with E-state index in [4.69, 9.17) is 0 Å². The minimum absolute atomic E-state index is 0.448. The smallest absolute Gasteiger partial charge is 0.227 e. The van der Waals surface area contributed by atoms with Crippen molar-refractivity contribution in [2.75, 3.05) is 44.0 Å². The highest BCUT2D eigenvalue weighted by molar-refractivity contribution is 5.42. The molecule has 0 N–H and O–H groups in total. The molecule has 1 saturated heterocycles. The van der Waals surface area contributed by atoms with E-state index >= 15 is 0 Å². The normalized spacial score (nSPS) is 18.1. The number of pyridine rings is 1. The van der Waals surface area contributed by atoms with E-state index in [2.05, 4.69) is 37.9 Å². The number of nitrogens with zero attached hydrogens (tertiary/aromatic N) is 6. The lowest BCUT2D eigenvalue weighted by atomic mass is 10.2. The quantitative estimate of drug-likeness (QED) is 0.837. The molecular formula is C17H24N6. The zero-order valence-electron chi connectivity index (χ0n) is 14.1. The SMILES string of the molecule is CN(C)c1ccnc(N(C)C2CCN(Cc3cccnc3)C2)n1. The van der Waals surface area contributed by atoms with Crippen LogP contribution in [0.2, 0.25) is 0 Å². The summed E-state index contributed by atoms with van der Waals surface area (Å²) in [6.07, 6.45) is 6.72. The van der Waals surface area contributed by atoms with Gasteiger partial charge in [0.1, 0.15) is 5.82 Å². The molecule has 0 amide bonds. The van der Waals surface area contributed by atoms with E-state index in [9.17, 15) is 0 Å². The van der Waals surface area contributed by atoms with Gasteiger partial charge in [0.25, 0.3) is 0 Å². The van der Waals surface area contributed by atoms with Crippen LogP contribution in [0.15, 0.2) is 36.8 Å². The molecule has 0 bridgehead atoms. The Morgan fingerprint density at radius 2 is 2.09 bits per heavy atom. The fraction of sp³-hybridized carbons (Fsp3) is 0.471. The summed E-state index contributed by atoms with van der Waals surface area (Å²) in [5.41, 5.74) is 1.27. The molecule has 3 rings (SSSR count). The van der Waals surface area contributed by atoms with Crippen LogP contribution in [-0.2, 0) is 6.54 Å². The van der Waals surface area contributed by atoms with Crippen LogP contribution in [-0.4, -0.2) is 60.1 Å². The molecule has 1 unspecified atom stereocenters. The number of aromatic nitrogens is 3. The molecule has 1 aliphatic rings. The van der Waals surface area contributed by atoms with Gasteiger partial charge >= 0.3 is 0 Å². The third-order valence-corrected chi connectivity index (χ3v) is 4.33. The second kappa shape index (κ2) is 6.91. The maximum Gasteiger partial charge on any atom is 0.227 e. The molecule has 122 valence electrons. The van der Waals surface area contributed by atoms with Gasteiger partial charge in [0.05, 0.1) is 0 Å². The lowest BCUT2D eigenvalue weighted by molar-refractivity contribution is 0.325. The Hall–Kier alpha value is -2.21. The number of likely N-dealkylation sites (tertiary alicyclic amines) is 1. The summed E-state index contributed by atoms with van der Waals surface area (Å²) >= 11 is 0. The maximum atomic E-state index is 4.64. The van der Waals surface area contributed by atoms with Crippen molar-refractivity contribution in [1.82, 2.24) is 19.9 Å². The Morgan fingerprint density at radius 3 is 2.83 bits per heavy atom. The van der Waals surface area contributed by atoms with E-state index in [1.807, 2.05) is 49.7 Å². The Bertz CT molecular complexity index is 630. The van der Waals surface area contributed by atoms with Crippen LogP contribution in [0, 0.1) is 0 Å². The van der Waals surface area contributed by atoms with Gasteiger partial charge in [0, 0.05) is 65.4 Å². The summed E-state index contributed by atoms with van der Waals surface area (Å²) in [7, 11) is 6.08. The van der Waals surface area contributed by atoms with E-state index in [1.165, 1.54) is 5.56 Å². The summed E-state index contributed by atoms with van der Waals surface area (Å²) in [5, 5.41) is 0. The molecule has 23 heavy (non-hydrogen) atoms. The lowest BCUT2D eigenvalue weighted by Gasteiger charge is -2.25. The third-order valence-electron chi connectivity index (χ3n) is 4.33. The van der Waals surface area contributed by atoms with Gasteiger partial charge in [-0.1, -0.05) is 6.07 Å². The van der Waals surface area contributed by atoms with Gasteiger partial charge in [-0.3, -0.25) is 9.88 Å². The molecular weight excluding hydrogens is 288 g/mol. The first-order chi connectivity index (χ1) is 11.1. The summed E-state index contributed by atoms with van der Waals surface area (Å²) < 4.78 is 0. The second-order valence-corrected chi connectivity index (χ2v) is 6.26. The van der Waals surface area contributed by atoms with Gasteiger partial charge in [-0.05, 0) is 24.1 Å². The minimum Gasteiger partial charge on any atom is -0.363 e. The monoisotopic (exact) mass is 312 g/mol. The van der Waals surface area contributed by atoms with Crippen molar-refractivity contribution in [2.45, 2.75) is 19.0 Å². The number of hydrogen-bond acceptors (Lipinski definition) is 6. The molecule has 1 fully saturated rings. The van der Waals surface area contributed by atoms with E-state index < -0.39 is 0 Å². The van der Waals surface area contributed by atoms with E-state index in [0.29, 0.717) is 6.04 Å². The van der Waals surface area contributed by atoms with Crippen molar-refractivity contribution in [3.8, 4) is 0 Å². The molecule has 3 heterocycles. The molecule has 0 aromatic carbocycles. The average molecular weight is 312 g/mol. The van der Waals surface area contributed by atoms with Crippen molar-refractivity contribution in [2.24, 2.45) is 0 Å². The maximum absolute atomic E-state index is 4.64. The molecule has 0 radical (unpaired) electrons. The lowest BCUT2D eigenvalue weighted by Crippen LogP contribution is -2.35. The Kier molecular flexibility index (Phi) is 4.71. The van der Waals surface area contributed by atoms with Gasteiger partial charge in [0.15, 0.2) is 0 Å². The molecule has 1 aliphatic heterocycles. The van der Waals surface area contributed by atoms with Crippen LogP contribution in [0.5, 0.6) is 0 Å². The van der Waals surface area contributed by atoms with E-state index in [0.717, 1.165) is 37.8 Å². The topological polar surface area (TPSA) is 48.4 Å². The van der Waals surface area contributed by atoms with Crippen LogP contribution >= 0.6 is 0 Å². The average Bonchev–Trinajstić information content (AvgIpc) is 3.03. The van der Waals surface area contributed by atoms with Crippen molar-refractivity contribution < 1.29 is 0 Å². The third kappa shape index (κ3) is 3.76. The van der Waals surface area contributed by atoms with Gasteiger partial charge < -0.3 is 9.80 Å². The fourth-order valence-corrected chi connectivity index (χ4v) is 2.94. The fourth-order valence-electron chi connectivity index (χ4n) is 2.94. The predicted octanol–water partition coefficient (Wildman–Crippen LogP) is 1.65. The molecule has 0 spiro atoms. The molecule has 0 saturated carbocycles. The van der Waals surface area contributed by atoms with Crippen molar-refractivity contribution in [3.63, 3.8) is 0 Å². The summed E-state index contributed by atoms with van der Waals surface area (Å²) in [5.74, 6) is 1.73. The second-order valence-electron chi connectivity index (χ2n) is 6.26. The van der Waals surface area contributed by atoms with Gasteiger partial charge in [0.2, 0.25) is 5.95 Å². The van der Waals surface area contributed by atoms with E-state index in [-0.39, 0.29) is 0 Å². The number of likely N-dealkylation sites (N-methyl/N-ethyl adjacent to an activating group) is 1. The molecule has 6 heteroatoms. The van der Waals surface area contributed by atoms with Crippen LogP contribution in [0.3, 0.4) is 0 Å². The molecule has 0 aliphatic carbocycles. The van der Waals surface area contributed by atoms with E-state index in [1.54, 1.807) is 0 Å². The largest absolute Gasteiger partial charge is 0.363 e. The van der Waals surface area contributed by atoms with Gasteiger partial charge in [-0.25, -0.2) is 4.98 Å². The number of anilines is 2. The zero-order valence-corrected chi connectivity index (χ0v) is 14.1. The van der Waals surface area contributed by atoms with Crippen LogP contribution in [0.4, 0.5) is 11.8 Å². The van der Waals surface area contributed by atoms with Crippen LogP contribution < -0.4 is 9.80 Å². The minimum atomic E-state index is 0.448. The first kappa shape index (κ1) is 15.7. The highest BCUT2D eigenvalue weighted by Crippen LogP contribution is 2.21. The van der Waals surface area contributed by atoms with Crippen LogP contribution in [0.25, 0.3) is 0 Å². The molecule has 2 aromatic rings. The molecule has 2 aromatic heterocycles. The Balaban J connectivity index is 1.63. The first-order valence-electron chi connectivity index (χ1n) is 7.98. The van der Waals surface area contributed by atoms with Crippen LogP contribution in [0.1, 0.15) is 12.0 Å². The zero-order chi connectivity index (χ0) is 16.2. The van der Waals surface area contributed by atoms with Crippen molar-refractivity contribution in [1.29, 1.82) is 0 Å². The Labute approximate surface area is 137 Å². The Morgan fingerprint density at radius 1 is 1.22 bits per heavy atom.